The molecule has 0 fully saturated rings. The van der Waals surface area contributed by atoms with Crippen LogP contribution in [0.3, 0.4) is 0 Å². The molecule has 0 heterocycles. The summed E-state index contributed by atoms with van der Waals surface area (Å²) in [7, 11) is 0. The second-order valence-corrected chi connectivity index (χ2v) is 3.89. The molecule has 2 heteroatoms. The zero-order valence-corrected chi connectivity index (χ0v) is 10.7. The molecule has 0 bridgehead atoms. The SMILES string of the molecule is CCCCCC=CCNC(CC)CC.O. The van der Waals surface area contributed by atoms with Gasteiger partial charge in [0.25, 0.3) is 0 Å². The summed E-state index contributed by atoms with van der Waals surface area (Å²) >= 11 is 0. The Labute approximate surface area is 95.5 Å². The summed E-state index contributed by atoms with van der Waals surface area (Å²) in [6.45, 7) is 7.77. The molecule has 3 N–H and O–H groups in total. The number of unbranched alkanes of at least 4 members (excludes halogenated alkanes) is 3. The van der Waals surface area contributed by atoms with Crippen molar-refractivity contribution in [2.24, 2.45) is 0 Å². The molecule has 0 aromatic heterocycles. The van der Waals surface area contributed by atoms with Crippen LogP contribution in [0.25, 0.3) is 0 Å². The van der Waals surface area contributed by atoms with Gasteiger partial charge >= 0.3 is 0 Å². The van der Waals surface area contributed by atoms with Gasteiger partial charge in [-0.2, -0.15) is 0 Å². The Morgan fingerprint density at radius 1 is 1.00 bits per heavy atom. The van der Waals surface area contributed by atoms with E-state index in [4.69, 9.17) is 0 Å². The van der Waals surface area contributed by atoms with Crippen LogP contribution in [-0.2, 0) is 0 Å². The van der Waals surface area contributed by atoms with Gasteiger partial charge in [0.1, 0.15) is 0 Å². The molecule has 0 amide bonds. The van der Waals surface area contributed by atoms with Crippen molar-refractivity contribution in [1.29, 1.82) is 0 Å². The monoisotopic (exact) mass is 215 g/mol. The van der Waals surface area contributed by atoms with E-state index < -0.39 is 0 Å². The van der Waals surface area contributed by atoms with E-state index in [0.29, 0.717) is 6.04 Å². The molecule has 0 aromatic rings. The Kier molecular flexibility index (Phi) is 15.5. The summed E-state index contributed by atoms with van der Waals surface area (Å²) in [5.74, 6) is 0. The molecule has 0 aliphatic rings. The summed E-state index contributed by atoms with van der Waals surface area (Å²) in [5, 5.41) is 3.52. The Hall–Kier alpha value is -0.340. The number of hydrogen-bond acceptors (Lipinski definition) is 1. The van der Waals surface area contributed by atoms with Crippen LogP contribution in [0.5, 0.6) is 0 Å². The standard InChI is InChI=1S/C13H27N.H2O/c1-4-7-8-9-10-11-12-14-13(5-2)6-3;/h10-11,13-14H,4-9,12H2,1-3H3;1H2. The van der Waals surface area contributed by atoms with Crippen molar-refractivity contribution < 1.29 is 5.48 Å². The molecule has 0 aliphatic carbocycles. The van der Waals surface area contributed by atoms with E-state index in [1.807, 2.05) is 0 Å². The van der Waals surface area contributed by atoms with Gasteiger partial charge in [0, 0.05) is 12.6 Å². The minimum Gasteiger partial charge on any atom is -0.412 e. The molecule has 0 spiro atoms. The minimum atomic E-state index is 0. The first-order valence-electron chi connectivity index (χ1n) is 6.23. The highest BCUT2D eigenvalue weighted by atomic mass is 16.0. The van der Waals surface area contributed by atoms with Gasteiger partial charge in [0.15, 0.2) is 0 Å². The maximum absolute atomic E-state index is 3.52. The van der Waals surface area contributed by atoms with E-state index in [1.165, 1.54) is 38.5 Å². The topological polar surface area (TPSA) is 43.5 Å². The third-order valence-corrected chi connectivity index (χ3v) is 2.65. The quantitative estimate of drug-likeness (QED) is 0.466. The van der Waals surface area contributed by atoms with E-state index in [0.717, 1.165) is 6.54 Å². The Morgan fingerprint density at radius 2 is 1.67 bits per heavy atom. The molecular formula is C13H29NO. The van der Waals surface area contributed by atoms with E-state index in [-0.39, 0.29) is 5.48 Å². The van der Waals surface area contributed by atoms with Crippen molar-refractivity contribution in [2.45, 2.75) is 65.3 Å². The predicted octanol–water partition coefficient (Wildman–Crippen LogP) is 3.08. The van der Waals surface area contributed by atoms with Gasteiger partial charge in [-0.15, -0.1) is 0 Å². The maximum atomic E-state index is 3.52. The average molecular weight is 215 g/mol. The van der Waals surface area contributed by atoms with Crippen LogP contribution in [0.4, 0.5) is 0 Å². The van der Waals surface area contributed by atoms with Crippen LogP contribution in [0.1, 0.15) is 59.3 Å². The molecule has 0 saturated carbocycles. The van der Waals surface area contributed by atoms with Crippen molar-refractivity contribution in [2.75, 3.05) is 6.54 Å². The number of rotatable bonds is 9. The first kappa shape index (κ1) is 17.1. The zero-order chi connectivity index (χ0) is 10.6. The van der Waals surface area contributed by atoms with Crippen LogP contribution < -0.4 is 5.32 Å². The van der Waals surface area contributed by atoms with Gasteiger partial charge in [-0.25, -0.2) is 0 Å². The highest BCUT2D eigenvalue weighted by Crippen LogP contribution is 1.99. The fraction of sp³-hybridized carbons (Fsp3) is 0.846. The third-order valence-electron chi connectivity index (χ3n) is 2.65. The van der Waals surface area contributed by atoms with Gasteiger partial charge in [0.05, 0.1) is 0 Å². The van der Waals surface area contributed by atoms with Crippen molar-refractivity contribution >= 4 is 0 Å². The summed E-state index contributed by atoms with van der Waals surface area (Å²) in [6, 6.07) is 0.704. The largest absolute Gasteiger partial charge is 0.412 e. The van der Waals surface area contributed by atoms with Crippen molar-refractivity contribution in [1.82, 2.24) is 5.32 Å². The lowest BCUT2D eigenvalue weighted by Crippen LogP contribution is -2.27. The molecule has 92 valence electrons. The minimum absolute atomic E-state index is 0. The fourth-order valence-corrected chi connectivity index (χ4v) is 1.53. The summed E-state index contributed by atoms with van der Waals surface area (Å²) in [5.41, 5.74) is 0. The number of hydrogen-bond donors (Lipinski definition) is 1. The summed E-state index contributed by atoms with van der Waals surface area (Å²) in [6.07, 6.45) is 12.3. The molecule has 2 nitrogen and oxygen atoms in total. The molecule has 15 heavy (non-hydrogen) atoms. The van der Waals surface area contributed by atoms with Gasteiger partial charge in [0.2, 0.25) is 0 Å². The third kappa shape index (κ3) is 11.6. The number of allylic oxidation sites excluding steroid dienone is 1. The van der Waals surface area contributed by atoms with Crippen LogP contribution in [0.2, 0.25) is 0 Å². The lowest BCUT2D eigenvalue weighted by molar-refractivity contribution is 0.510. The maximum Gasteiger partial charge on any atom is 0.0137 e. The molecule has 0 aliphatic heterocycles. The molecule has 0 aromatic carbocycles. The fourth-order valence-electron chi connectivity index (χ4n) is 1.53. The normalized spacial score (nSPS) is 10.9. The smallest absolute Gasteiger partial charge is 0.0137 e. The zero-order valence-electron chi connectivity index (χ0n) is 10.7. The second kappa shape index (κ2) is 13.7. The Morgan fingerprint density at radius 3 is 2.20 bits per heavy atom. The molecule has 0 saturated heterocycles. The van der Waals surface area contributed by atoms with Crippen LogP contribution in [0, 0.1) is 0 Å². The van der Waals surface area contributed by atoms with Crippen molar-refractivity contribution in [3.8, 4) is 0 Å². The Balaban J connectivity index is 0. The van der Waals surface area contributed by atoms with E-state index >= 15 is 0 Å². The van der Waals surface area contributed by atoms with E-state index in [1.54, 1.807) is 0 Å². The van der Waals surface area contributed by atoms with E-state index in [2.05, 4.69) is 38.2 Å². The van der Waals surface area contributed by atoms with Gasteiger partial charge < -0.3 is 10.8 Å². The van der Waals surface area contributed by atoms with Gasteiger partial charge in [-0.05, 0) is 25.7 Å². The Bertz CT molecular complexity index is 130. The van der Waals surface area contributed by atoms with Crippen LogP contribution in [-0.4, -0.2) is 18.1 Å². The van der Waals surface area contributed by atoms with Crippen LogP contribution >= 0.6 is 0 Å². The average Bonchev–Trinajstić information content (AvgIpc) is 2.22. The number of nitrogens with one attached hydrogen (secondary N) is 1. The highest BCUT2D eigenvalue weighted by Gasteiger charge is 1.98. The van der Waals surface area contributed by atoms with Gasteiger partial charge in [-0.3, -0.25) is 0 Å². The molecule has 0 radical (unpaired) electrons. The second-order valence-electron chi connectivity index (χ2n) is 3.89. The van der Waals surface area contributed by atoms with Crippen molar-refractivity contribution in [3.05, 3.63) is 12.2 Å². The predicted molar refractivity (Wildman–Crippen MR) is 69.3 cm³/mol. The molecule has 0 unspecified atom stereocenters. The van der Waals surface area contributed by atoms with Crippen LogP contribution in [0.15, 0.2) is 12.2 Å². The highest BCUT2D eigenvalue weighted by molar-refractivity contribution is 4.84. The van der Waals surface area contributed by atoms with Crippen molar-refractivity contribution in [3.63, 3.8) is 0 Å². The first-order valence-corrected chi connectivity index (χ1v) is 6.23. The molecule has 0 rings (SSSR count). The lowest BCUT2D eigenvalue weighted by atomic mass is 10.1. The molecule has 0 atom stereocenters. The van der Waals surface area contributed by atoms with Gasteiger partial charge in [-0.1, -0.05) is 45.8 Å². The summed E-state index contributed by atoms with van der Waals surface area (Å²) in [4.78, 5) is 0. The first-order chi connectivity index (χ1) is 6.85. The molecular weight excluding hydrogens is 186 g/mol. The van der Waals surface area contributed by atoms with E-state index in [9.17, 15) is 0 Å². The lowest BCUT2D eigenvalue weighted by Gasteiger charge is -2.12. The summed E-state index contributed by atoms with van der Waals surface area (Å²) < 4.78 is 0.